The lowest BCUT2D eigenvalue weighted by Crippen LogP contribution is -2.24. The number of nitrogens with one attached hydrogen (secondary N) is 1. The Hall–Kier alpha value is -0.930. The van der Waals surface area contributed by atoms with Crippen LogP contribution in [0.2, 0.25) is 0 Å². The maximum absolute atomic E-state index is 13.8. The molecule has 0 bridgehead atoms. The molecule has 0 aliphatic carbocycles. The van der Waals surface area contributed by atoms with Gasteiger partial charge in [-0.3, -0.25) is 0 Å². The molecular weight excluding hydrogens is 229 g/mol. The van der Waals surface area contributed by atoms with Crippen LogP contribution in [0.25, 0.3) is 0 Å². The Morgan fingerprint density at radius 2 is 1.94 bits per heavy atom. The molecule has 0 saturated carbocycles. The Labute approximate surface area is 110 Å². The third kappa shape index (κ3) is 5.15. The monoisotopic (exact) mass is 253 g/mol. The molecule has 0 fully saturated rings. The van der Waals surface area contributed by atoms with Crippen molar-refractivity contribution in [2.75, 3.05) is 20.2 Å². The lowest BCUT2D eigenvalue weighted by Gasteiger charge is -2.23. The molecule has 1 unspecified atom stereocenters. The van der Waals surface area contributed by atoms with E-state index in [0.29, 0.717) is 6.61 Å². The Balaban J connectivity index is 2.63. The Morgan fingerprint density at radius 1 is 1.28 bits per heavy atom. The number of ether oxygens (including phenoxy) is 1. The number of hydrogen-bond donors (Lipinski definition) is 1. The third-order valence-corrected chi connectivity index (χ3v) is 2.80. The summed E-state index contributed by atoms with van der Waals surface area (Å²) in [6.45, 7) is 7.49. The Kier molecular flexibility index (Phi) is 5.76. The quantitative estimate of drug-likeness (QED) is 0.839. The van der Waals surface area contributed by atoms with E-state index in [2.05, 4.69) is 5.32 Å². The second-order valence-electron chi connectivity index (χ2n) is 5.53. The molecule has 2 nitrogen and oxygen atoms in total. The van der Waals surface area contributed by atoms with Gasteiger partial charge in [0.1, 0.15) is 5.82 Å². The zero-order valence-corrected chi connectivity index (χ0v) is 11.8. The maximum Gasteiger partial charge on any atom is 0.126 e. The fraction of sp³-hybridized carbons (Fsp3) is 0.600. The highest BCUT2D eigenvalue weighted by molar-refractivity contribution is 5.22. The zero-order valence-electron chi connectivity index (χ0n) is 11.8. The van der Waals surface area contributed by atoms with E-state index in [1.807, 2.05) is 40.0 Å². The topological polar surface area (TPSA) is 21.3 Å². The van der Waals surface area contributed by atoms with E-state index < -0.39 is 0 Å². The standard InChI is InChI=1S/C15H24FNO/c1-15(2,3)18-10-9-12(11-17-4)13-7-5-6-8-14(13)16/h5-8,12,17H,9-11H2,1-4H3. The summed E-state index contributed by atoms with van der Waals surface area (Å²) >= 11 is 0. The highest BCUT2D eigenvalue weighted by Gasteiger charge is 2.16. The SMILES string of the molecule is CNCC(CCOC(C)(C)C)c1ccccc1F. The van der Waals surface area contributed by atoms with Crippen LogP contribution < -0.4 is 5.32 Å². The molecule has 0 aromatic heterocycles. The fourth-order valence-electron chi connectivity index (χ4n) is 1.93. The van der Waals surface area contributed by atoms with E-state index in [-0.39, 0.29) is 17.3 Å². The summed E-state index contributed by atoms with van der Waals surface area (Å²) in [6, 6.07) is 6.98. The van der Waals surface area contributed by atoms with Crippen molar-refractivity contribution in [2.24, 2.45) is 0 Å². The molecule has 18 heavy (non-hydrogen) atoms. The van der Waals surface area contributed by atoms with Crippen LogP contribution in [0.15, 0.2) is 24.3 Å². The first-order valence-corrected chi connectivity index (χ1v) is 6.47. The minimum Gasteiger partial charge on any atom is -0.376 e. The van der Waals surface area contributed by atoms with Gasteiger partial charge in [0.25, 0.3) is 0 Å². The van der Waals surface area contributed by atoms with E-state index in [4.69, 9.17) is 4.74 Å². The lowest BCUT2D eigenvalue weighted by atomic mass is 9.95. The van der Waals surface area contributed by atoms with Crippen LogP contribution in [0.1, 0.15) is 38.7 Å². The van der Waals surface area contributed by atoms with Crippen molar-refractivity contribution in [3.05, 3.63) is 35.6 Å². The average molecular weight is 253 g/mol. The molecule has 1 aromatic carbocycles. The van der Waals surface area contributed by atoms with Crippen LogP contribution in [0.4, 0.5) is 4.39 Å². The van der Waals surface area contributed by atoms with Gasteiger partial charge in [0.05, 0.1) is 5.60 Å². The summed E-state index contributed by atoms with van der Waals surface area (Å²) in [5, 5.41) is 3.12. The normalized spacial score (nSPS) is 13.6. The first-order chi connectivity index (χ1) is 8.44. The maximum atomic E-state index is 13.8. The van der Waals surface area contributed by atoms with Gasteiger partial charge < -0.3 is 10.1 Å². The molecule has 0 radical (unpaired) electrons. The summed E-state index contributed by atoms with van der Waals surface area (Å²) in [5.41, 5.74) is 0.628. The van der Waals surface area contributed by atoms with Crippen LogP contribution in [0.5, 0.6) is 0 Å². The van der Waals surface area contributed by atoms with Gasteiger partial charge in [-0.15, -0.1) is 0 Å². The summed E-state index contributed by atoms with van der Waals surface area (Å²) < 4.78 is 19.5. The average Bonchev–Trinajstić information content (AvgIpc) is 2.27. The van der Waals surface area contributed by atoms with Gasteiger partial charge in [0.2, 0.25) is 0 Å². The molecule has 0 saturated heterocycles. The zero-order chi connectivity index (χ0) is 13.6. The second-order valence-corrected chi connectivity index (χ2v) is 5.53. The van der Waals surface area contributed by atoms with Crippen LogP contribution in [0.3, 0.4) is 0 Å². The second kappa shape index (κ2) is 6.86. The van der Waals surface area contributed by atoms with Crippen LogP contribution >= 0.6 is 0 Å². The van der Waals surface area contributed by atoms with Crippen molar-refractivity contribution < 1.29 is 9.13 Å². The van der Waals surface area contributed by atoms with Gasteiger partial charge in [-0.25, -0.2) is 4.39 Å². The molecule has 0 spiro atoms. The largest absolute Gasteiger partial charge is 0.376 e. The fourth-order valence-corrected chi connectivity index (χ4v) is 1.93. The van der Waals surface area contributed by atoms with Crippen molar-refractivity contribution in [2.45, 2.75) is 38.7 Å². The number of halogens is 1. The summed E-state index contributed by atoms with van der Waals surface area (Å²) in [4.78, 5) is 0. The van der Waals surface area contributed by atoms with E-state index in [1.54, 1.807) is 6.07 Å². The summed E-state index contributed by atoms with van der Waals surface area (Å²) in [7, 11) is 1.89. The molecular formula is C15H24FNO. The first kappa shape index (κ1) is 15.1. The molecule has 0 heterocycles. The highest BCUT2D eigenvalue weighted by atomic mass is 19.1. The van der Waals surface area contributed by atoms with Gasteiger partial charge in [0.15, 0.2) is 0 Å². The van der Waals surface area contributed by atoms with E-state index in [9.17, 15) is 4.39 Å². The first-order valence-electron chi connectivity index (χ1n) is 6.47. The predicted octanol–water partition coefficient (Wildman–Crippen LogP) is 3.33. The van der Waals surface area contributed by atoms with Gasteiger partial charge in [-0.05, 0) is 45.9 Å². The van der Waals surface area contributed by atoms with E-state index in [0.717, 1.165) is 18.5 Å². The van der Waals surface area contributed by atoms with Crippen LogP contribution in [-0.2, 0) is 4.74 Å². The third-order valence-electron chi connectivity index (χ3n) is 2.80. The van der Waals surface area contributed by atoms with Crippen molar-refractivity contribution in [1.29, 1.82) is 0 Å². The van der Waals surface area contributed by atoms with Crippen molar-refractivity contribution in [3.63, 3.8) is 0 Å². The summed E-state index contributed by atoms with van der Waals surface area (Å²) in [5.74, 6) is 0.0204. The predicted molar refractivity (Wildman–Crippen MR) is 73.4 cm³/mol. The van der Waals surface area contributed by atoms with Crippen molar-refractivity contribution in [3.8, 4) is 0 Å². The number of likely N-dealkylation sites (N-methyl/N-ethyl adjacent to an activating group) is 1. The molecule has 1 rings (SSSR count). The van der Waals surface area contributed by atoms with Crippen LogP contribution in [0, 0.1) is 5.82 Å². The lowest BCUT2D eigenvalue weighted by molar-refractivity contribution is -0.00626. The van der Waals surface area contributed by atoms with Gasteiger partial charge in [-0.2, -0.15) is 0 Å². The summed E-state index contributed by atoms with van der Waals surface area (Å²) in [6.07, 6.45) is 0.818. The van der Waals surface area contributed by atoms with Crippen molar-refractivity contribution >= 4 is 0 Å². The van der Waals surface area contributed by atoms with Crippen molar-refractivity contribution in [1.82, 2.24) is 5.32 Å². The smallest absolute Gasteiger partial charge is 0.126 e. The number of hydrogen-bond acceptors (Lipinski definition) is 2. The molecule has 0 aliphatic heterocycles. The molecule has 1 aromatic rings. The van der Waals surface area contributed by atoms with Gasteiger partial charge in [0, 0.05) is 19.1 Å². The van der Waals surface area contributed by atoms with Gasteiger partial charge in [-0.1, -0.05) is 18.2 Å². The molecule has 3 heteroatoms. The Bertz CT molecular complexity index is 360. The highest BCUT2D eigenvalue weighted by Crippen LogP contribution is 2.22. The van der Waals surface area contributed by atoms with E-state index in [1.165, 1.54) is 6.07 Å². The molecule has 102 valence electrons. The Morgan fingerprint density at radius 3 is 2.50 bits per heavy atom. The molecule has 0 amide bonds. The van der Waals surface area contributed by atoms with Gasteiger partial charge >= 0.3 is 0 Å². The minimum absolute atomic E-state index is 0.131. The van der Waals surface area contributed by atoms with Crippen LogP contribution in [-0.4, -0.2) is 25.8 Å². The minimum atomic E-state index is -0.139. The molecule has 1 N–H and O–H groups in total. The van der Waals surface area contributed by atoms with E-state index >= 15 is 0 Å². The molecule has 1 atom stereocenters. The number of rotatable bonds is 6. The molecule has 0 aliphatic rings. The number of benzene rings is 1.